The first-order valence-corrected chi connectivity index (χ1v) is 12.5. The van der Waals surface area contributed by atoms with Gasteiger partial charge >= 0.3 is 5.97 Å². The van der Waals surface area contributed by atoms with Gasteiger partial charge in [-0.15, -0.1) is 0 Å². The lowest BCUT2D eigenvalue weighted by Gasteiger charge is -2.26. The zero-order valence-corrected chi connectivity index (χ0v) is 21.2. The van der Waals surface area contributed by atoms with Gasteiger partial charge in [0.15, 0.2) is 5.84 Å². The number of hydrazone groups is 1. The summed E-state index contributed by atoms with van der Waals surface area (Å²) >= 11 is 1.11. The smallest absolute Gasteiger partial charge is 0.343 e. The second kappa shape index (κ2) is 11.0. The minimum absolute atomic E-state index is 0.0573. The molecule has 0 radical (unpaired) electrons. The van der Waals surface area contributed by atoms with Crippen molar-refractivity contribution in [3.8, 4) is 11.5 Å². The normalized spacial score (nSPS) is 18.2. The number of aliphatic imine (C=N–C) groups is 1. The second-order valence-corrected chi connectivity index (χ2v) is 9.41. The predicted molar refractivity (Wildman–Crippen MR) is 141 cm³/mol. The number of methoxy groups -OCH3 is 1. The van der Waals surface area contributed by atoms with Crippen molar-refractivity contribution in [1.29, 1.82) is 5.41 Å². The van der Waals surface area contributed by atoms with Gasteiger partial charge in [0, 0.05) is 13.1 Å². The number of carbonyl (C=O) groups excluding carboxylic acids is 3. The van der Waals surface area contributed by atoms with Crippen molar-refractivity contribution >= 4 is 51.7 Å². The minimum atomic E-state index is -0.570. The Kier molecular flexibility index (Phi) is 7.33. The maximum absolute atomic E-state index is 12.7. The molecule has 0 bridgehead atoms. The van der Waals surface area contributed by atoms with Crippen LogP contribution < -0.4 is 9.47 Å². The molecule has 2 aromatic rings. The Labute approximate surface area is 222 Å². The number of benzene rings is 2. The van der Waals surface area contributed by atoms with E-state index in [1.54, 1.807) is 60.5 Å². The number of ether oxygens (including phenoxy) is 3. The monoisotopic (exact) mass is 533 g/mol. The number of nitrogens with zero attached hydrogens (tertiary/aromatic N) is 4. The third-order valence-corrected chi connectivity index (χ3v) is 6.80. The van der Waals surface area contributed by atoms with Gasteiger partial charge in [-0.05, 0) is 59.8 Å². The van der Waals surface area contributed by atoms with Crippen LogP contribution in [0.2, 0.25) is 0 Å². The lowest BCUT2D eigenvalue weighted by molar-refractivity contribution is -0.133. The number of morpholine rings is 1. The average Bonchev–Trinajstić information content (AvgIpc) is 3.34. The molecule has 5 rings (SSSR count). The number of fused-ring (bicyclic) bond motifs is 1. The van der Waals surface area contributed by atoms with Crippen molar-refractivity contribution in [2.75, 3.05) is 33.4 Å². The summed E-state index contributed by atoms with van der Waals surface area (Å²) in [5, 5.41) is 14.9. The molecule has 194 valence electrons. The summed E-state index contributed by atoms with van der Waals surface area (Å²) < 4.78 is 15.8. The van der Waals surface area contributed by atoms with Crippen LogP contribution in [0.1, 0.15) is 22.3 Å². The first-order valence-electron chi connectivity index (χ1n) is 11.7. The quantitative estimate of drug-likeness (QED) is 0.340. The highest BCUT2D eigenvalue weighted by Crippen LogP contribution is 2.30. The molecule has 0 unspecified atom stereocenters. The third kappa shape index (κ3) is 5.50. The van der Waals surface area contributed by atoms with Crippen LogP contribution in [0.15, 0.2) is 64.2 Å². The molecule has 1 N–H and O–H groups in total. The molecule has 0 aromatic heterocycles. The molecule has 38 heavy (non-hydrogen) atoms. The van der Waals surface area contributed by atoms with E-state index in [9.17, 15) is 14.4 Å². The van der Waals surface area contributed by atoms with E-state index >= 15 is 0 Å². The summed E-state index contributed by atoms with van der Waals surface area (Å²) in [6, 6.07) is 13.1. The van der Waals surface area contributed by atoms with E-state index in [2.05, 4.69) is 10.1 Å². The fourth-order valence-corrected chi connectivity index (χ4v) is 4.72. The Bertz CT molecular complexity index is 1380. The SMILES string of the molecule is COc1ccc(C(=O)Oc2ccc(/C=C3/C(=N)N4N=C(CC(=O)N5CCOCC5)SC4=NC3=O)cc2)cc1. The van der Waals surface area contributed by atoms with Crippen LogP contribution in [0.4, 0.5) is 0 Å². The molecular weight excluding hydrogens is 510 g/mol. The molecular formula is C26H23N5O6S. The van der Waals surface area contributed by atoms with Crippen LogP contribution in [0.3, 0.4) is 0 Å². The van der Waals surface area contributed by atoms with Crippen LogP contribution in [0.5, 0.6) is 11.5 Å². The van der Waals surface area contributed by atoms with Crippen molar-refractivity contribution in [2.45, 2.75) is 6.42 Å². The fraction of sp³-hybridized carbons (Fsp3) is 0.231. The van der Waals surface area contributed by atoms with Crippen LogP contribution in [0, 0.1) is 5.41 Å². The fourth-order valence-electron chi connectivity index (χ4n) is 3.85. The minimum Gasteiger partial charge on any atom is -0.497 e. The maximum atomic E-state index is 12.7. The van der Waals surface area contributed by atoms with Gasteiger partial charge in [-0.2, -0.15) is 15.1 Å². The first-order chi connectivity index (χ1) is 18.4. The summed E-state index contributed by atoms with van der Waals surface area (Å²) in [6.07, 6.45) is 1.59. The molecule has 11 nitrogen and oxygen atoms in total. The number of thioether (sulfide) groups is 1. The Morgan fingerprint density at radius 3 is 2.45 bits per heavy atom. The number of carbonyl (C=O) groups is 3. The highest BCUT2D eigenvalue weighted by atomic mass is 32.2. The van der Waals surface area contributed by atoms with Gasteiger partial charge in [-0.25, -0.2) is 4.79 Å². The summed E-state index contributed by atoms with van der Waals surface area (Å²) in [6.45, 7) is 2.07. The summed E-state index contributed by atoms with van der Waals surface area (Å²) in [4.78, 5) is 43.4. The zero-order chi connectivity index (χ0) is 26.6. The van der Waals surface area contributed by atoms with Crippen molar-refractivity contribution in [3.05, 3.63) is 65.2 Å². The van der Waals surface area contributed by atoms with E-state index in [-0.39, 0.29) is 28.9 Å². The molecule has 12 heteroatoms. The lowest BCUT2D eigenvalue weighted by Crippen LogP contribution is -2.41. The van der Waals surface area contributed by atoms with Gasteiger partial charge in [-0.3, -0.25) is 15.0 Å². The summed E-state index contributed by atoms with van der Waals surface area (Å²) in [5.74, 6) is -0.336. The molecule has 3 aliphatic rings. The highest BCUT2D eigenvalue weighted by Gasteiger charge is 2.36. The van der Waals surface area contributed by atoms with E-state index in [1.165, 1.54) is 11.1 Å². The molecule has 0 spiro atoms. The number of hydrogen-bond acceptors (Lipinski definition) is 9. The summed E-state index contributed by atoms with van der Waals surface area (Å²) in [7, 11) is 1.54. The number of amidine groups is 2. The molecule has 0 aliphatic carbocycles. The Morgan fingerprint density at radius 1 is 1.08 bits per heavy atom. The molecule has 3 aliphatic heterocycles. The topological polar surface area (TPSA) is 134 Å². The van der Waals surface area contributed by atoms with Gasteiger partial charge in [0.25, 0.3) is 5.91 Å². The summed E-state index contributed by atoms with van der Waals surface area (Å²) in [5.41, 5.74) is 1.04. The lowest BCUT2D eigenvalue weighted by atomic mass is 10.1. The number of rotatable bonds is 6. The zero-order valence-electron chi connectivity index (χ0n) is 20.4. The van der Waals surface area contributed by atoms with Crippen molar-refractivity contribution in [2.24, 2.45) is 10.1 Å². The number of nitrogens with one attached hydrogen (secondary N) is 1. The molecule has 3 heterocycles. The van der Waals surface area contributed by atoms with E-state index in [4.69, 9.17) is 19.6 Å². The third-order valence-electron chi connectivity index (χ3n) is 5.89. The van der Waals surface area contributed by atoms with Gasteiger partial charge in [0.1, 0.15) is 16.5 Å². The van der Waals surface area contributed by atoms with E-state index in [0.29, 0.717) is 54.0 Å². The average molecular weight is 534 g/mol. The van der Waals surface area contributed by atoms with Gasteiger partial charge in [0.2, 0.25) is 11.1 Å². The van der Waals surface area contributed by atoms with Crippen LogP contribution in [0.25, 0.3) is 6.08 Å². The Morgan fingerprint density at radius 2 is 1.76 bits per heavy atom. The Balaban J connectivity index is 1.25. The standard InChI is InChI=1S/C26H23N5O6S/c1-35-18-8-4-17(5-9-18)25(34)37-19-6-2-16(3-7-19)14-20-23(27)31-26(28-24(20)33)38-21(29-31)15-22(32)30-10-12-36-13-11-30/h2-9,14,27H,10-13,15H2,1H3/b20-14-,27-23?. The molecule has 1 fully saturated rings. The van der Waals surface area contributed by atoms with Crippen LogP contribution >= 0.6 is 11.8 Å². The van der Waals surface area contributed by atoms with Crippen molar-refractivity contribution < 1.29 is 28.6 Å². The van der Waals surface area contributed by atoms with Gasteiger partial charge in [-0.1, -0.05) is 12.1 Å². The number of amides is 2. The van der Waals surface area contributed by atoms with Crippen molar-refractivity contribution in [3.63, 3.8) is 0 Å². The number of esters is 1. The number of hydrogen-bond donors (Lipinski definition) is 1. The van der Waals surface area contributed by atoms with Gasteiger partial charge < -0.3 is 19.1 Å². The van der Waals surface area contributed by atoms with Crippen LogP contribution in [-0.2, 0) is 14.3 Å². The molecule has 2 aromatic carbocycles. The maximum Gasteiger partial charge on any atom is 0.343 e. The van der Waals surface area contributed by atoms with Gasteiger partial charge in [0.05, 0.1) is 37.9 Å². The van der Waals surface area contributed by atoms with Crippen LogP contribution in [-0.4, -0.2) is 77.2 Å². The predicted octanol–water partition coefficient (Wildman–Crippen LogP) is 2.78. The molecule has 1 saturated heterocycles. The first kappa shape index (κ1) is 25.4. The molecule has 2 amide bonds. The second-order valence-electron chi connectivity index (χ2n) is 8.37. The molecule has 0 saturated carbocycles. The molecule has 0 atom stereocenters. The van der Waals surface area contributed by atoms with E-state index in [0.717, 1.165) is 11.8 Å². The van der Waals surface area contributed by atoms with E-state index in [1.807, 2.05) is 0 Å². The Hall–Kier alpha value is -4.29. The largest absolute Gasteiger partial charge is 0.497 e. The van der Waals surface area contributed by atoms with Crippen molar-refractivity contribution in [1.82, 2.24) is 9.91 Å². The van der Waals surface area contributed by atoms with E-state index < -0.39 is 11.9 Å². The highest BCUT2D eigenvalue weighted by molar-refractivity contribution is 8.27.